The molecule has 2 rings (SSSR count). The van der Waals surface area contributed by atoms with Gasteiger partial charge in [-0.15, -0.1) is 0 Å². The summed E-state index contributed by atoms with van der Waals surface area (Å²) >= 11 is 0. The van der Waals surface area contributed by atoms with Crippen LogP contribution in [0.15, 0.2) is 18.2 Å². The second-order valence-electron chi connectivity index (χ2n) is 5.18. The van der Waals surface area contributed by atoms with Crippen LogP contribution >= 0.6 is 0 Å². The lowest BCUT2D eigenvalue weighted by Crippen LogP contribution is -2.46. The third-order valence-corrected chi connectivity index (χ3v) is 3.51. The molecule has 1 saturated heterocycles. The highest BCUT2D eigenvalue weighted by Gasteiger charge is 2.25. The molecule has 1 aliphatic heterocycles. The summed E-state index contributed by atoms with van der Waals surface area (Å²) in [6, 6.07) is 5.37. The fourth-order valence-corrected chi connectivity index (χ4v) is 2.75. The number of piperidine rings is 1. The Balaban J connectivity index is 2.33. The zero-order valence-electron chi connectivity index (χ0n) is 10.8. The zero-order valence-corrected chi connectivity index (χ0v) is 10.8. The van der Waals surface area contributed by atoms with E-state index < -0.39 is 0 Å². The van der Waals surface area contributed by atoms with Crippen molar-refractivity contribution in [3.63, 3.8) is 0 Å². The van der Waals surface area contributed by atoms with Gasteiger partial charge in [-0.25, -0.2) is 0 Å². The van der Waals surface area contributed by atoms with Crippen LogP contribution in [0, 0.1) is 23.0 Å². The van der Waals surface area contributed by atoms with Crippen LogP contribution in [-0.2, 0) is 0 Å². The van der Waals surface area contributed by atoms with Gasteiger partial charge >= 0.3 is 0 Å². The first kappa shape index (κ1) is 12.8. The molecule has 1 aromatic carbocycles. The lowest BCUT2D eigenvalue weighted by atomic mass is 9.95. The first-order valence-corrected chi connectivity index (χ1v) is 6.23. The summed E-state index contributed by atoms with van der Waals surface area (Å²) < 4.78 is 0. The zero-order chi connectivity index (χ0) is 13.3. The molecule has 0 bridgehead atoms. The van der Waals surface area contributed by atoms with Crippen molar-refractivity contribution in [2.24, 2.45) is 11.7 Å². The SMILES string of the molecule is Cc1c(N2CC(C)CC(N)C2)cccc1[N+](=O)[O-]. The number of hydrogen-bond donors (Lipinski definition) is 1. The van der Waals surface area contributed by atoms with E-state index in [4.69, 9.17) is 5.73 Å². The average Bonchev–Trinajstić information content (AvgIpc) is 2.27. The van der Waals surface area contributed by atoms with E-state index in [1.807, 2.05) is 6.07 Å². The molecule has 0 saturated carbocycles. The highest BCUT2D eigenvalue weighted by molar-refractivity contribution is 5.61. The molecule has 0 aromatic heterocycles. The minimum atomic E-state index is -0.327. The number of nitro benzene ring substituents is 1. The van der Waals surface area contributed by atoms with Gasteiger partial charge in [0, 0.05) is 30.9 Å². The topological polar surface area (TPSA) is 72.4 Å². The van der Waals surface area contributed by atoms with E-state index in [2.05, 4.69) is 11.8 Å². The van der Waals surface area contributed by atoms with Crippen molar-refractivity contribution >= 4 is 11.4 Å². The van der Waals surface area contributed by atoms with Crippen molar-refractivity contribution in [1.29, 1.82) is 0 Å². The fraction of sp³-hybridized carbons (Fsp3) is 0.538. The summed E-state index contributed by atoms with van der Waals surface area (Å²) in [5, 5.41) is 10.9. The Kier molecular flexibility index (Phi) is 3.52. The third-order valence-electron chi connectivity index (χ3n) is 3.51. The maximum absolute atomic E-state index is 10.9. The predicted molar refractivity (Wildman–Crippen MR) is 71.8 cm³/mol. The molecule has 0 aliphatic carbocycles. The second kappa shape index (κ2) is 4.94. The lowest BCUT2D eigenvalue weighted by molar-refractivity contribution is -0.385. The normalized spacial score (nSPS) is 24.1. The maximum atomic E-state index is 10.9. The Morgan fingerprint density at radius 3 is 2.78 bits per heavy atom. The molecule has 5 heteroatoms. The quantitative estimate of drug-likeness (QED) is 0.643. The van der Waals surface area contributed by atoms with Crippen LogP contribution < -0.4 is 10.6 Å². The first-order chi connectivity index (χ1) is 8.49. The van der Waals surface area contributed by atoms with E-state index in [-0.39, 0.29) is 16.7 Å². The molecule has 18 heavy (non-hydrogen) atoms. The van der Waals surface area contributed by atoms with Crippen molar-refractivity contribution < 1.29 is 4.92 Å². The van der Waals surface area contributed by atoms with Crippen LogP contribution in [-0.4, -0.2) is 24.1 Å². The molecule has 1 aliphatic rings. The van der Waals surface area contributed by atoms with E-state index in [1.54, 1.807) is 19.1 Å². The number of nitrogens with two attached hydrogens (primary N) is 1. The Morgan fingerprint density at radius 2 is 2.17 bits per heavy atom. The summed E-state index contributed by atoms with van der Waals surface area (Å²) in [7, 11) is 0. The number of anilines is 1. The number of benzene rings is 1. The number of hydrogen-bond acceptors (Lipinski definition) is 4. The molecular formula is C13H19N3O2. The molecule has 0 radical (unpaired) electrons. The highest BCUT2D eigenvalue weighted by Crippen LogP contribution is 2.30. The Bertz CT molecular complexity index is 452. The molecule has 2 atom stereocenters. The summed E-state index contributed by atoms with van der Waals surface area (Å²) in [5.41, 5.74) is 7.87. The number of nitro groups is 1. The Labute approximate surface area is 107 Å². The van der Waals surface area contributed by atoms with E-state index in [0.717, 1.165) is 30.8 Å². The number of nitrogens with zero attached hydrogens (tertiary/aromatic N) is 2. The molecule has 2 unspecified atom stereocenters. The smallest absolute Gasteiger partial charge is 0.274 e. The molecule has 0 amide bonds. The molecule has 98 valence electrons. The second-order valence-corrected chi connectivity index (χ2v) is 5.18. The van der Waals surface area contributed by atoms with Gasteiger partial charge in [-0.3, -0.25) is 10.1 Å². The first-order valence-electron chi connectivity index (χ1n) is 6.23. The lowest BCUT2D eigenvalue weighted by Gasteiger charge is -2.37. The Morgan fingerprint density at radius 1 is 1.44 bits per heavy atom. The van der Waals surface area contributed by atoms with Crippen LogP contribution in [0.25, 0.3) is 0 Å². The molecule has 0 spiro atoms. The van der Waals surface area contributed by atoms with E-state index in [1.165, 1.54) is 0 Å². The van der Waals surface area contributed by atoms with Gasteiger partial charge in [0.25, 0.3) is 5.69 Å². The van der Waals surface area contributed by atoms with Crippen LogP contribution in [0.2, 0.25) is 0 Å². The van der Waals surface area contributed by atoms with Crippen molar-refractivity contribution in [1.82, 2.24) is 0 Å². The van der Waals surface area contributed by atoms with E-state index in [9.17, 15) is 10.1 Å². The van der Waals surface area contributed by atoms with Gasteiger partial charge in [-0.05, 0) is 25.3 Å². The monoisotopic (exact) mass is 249 g/mol. The molecule has 1 heterocycles. The van der Waals surface area contributed by atoms with Crippen LogP contribution in [0.5, 0.6) is 0 Å². The minimum Gasteiger partial charge on any atom is -0.369 e. The van der Waals surface area contributed by atoms with Gasteiger partial charge in [-0.2, -0.15) is 0 Å². The van der Waals surface area contributed by atoms with Crippen LogP contribution in [0.1, 0.15) is 18.9 Å². The van der Waals surface area contributed by atoms with Crippen LogP contribution in [0.3, 0.4) is 0 Å². The average molecular weight is 249 g/mol. The van der Waals surface area contributed by atoms with Gasteiger partial charge in [0.15, 0.2) is 0 Å². The van der Waals surface area contributed by atoms with Crippen molar-refractivity contribution in [2.75, 3.05) is 18.0 Å². The van der Waals surface area contributed by atoms with Gasteiger partial charge in [0.05, 0.1) is 10.5 Å². The third kappa shape index (κ3) is 2.46. The van der Waals surface area contributed by atoms with Crippen molar-refractivity contribution in [3.8, 4) is 0 Å². The Hall–Kier alpha value is -1.62. The van der Waals surface area contributed by atoms with E-state index in [0.29, 0.717) is 5.92 Å². The van der Waals surface area contributed by atoms with Gasteiger partial charge in [-0.1, -0.05) is 13.0 Å². The molecule has 5 nitrogen and oxygen atoms in total. The minimum absolute atomic E-state index is 0.146. The van der Waals surface area contributed by atoms with Gasteiger partial charge < -0.3 is 10.6 Å². The highest BCUT2D eigenvalue weighted by atomic mass is 16.6. The molecule has 1 aromatic rings. The summed E-state index contributed by atoms with van der Waals surface area (Å²) in [4.78, 5) is 12.8. The van der Waals surface area contributed by atoms with Crippen LogP contribution in [0.4, 0.5) is 11.4 Å². The fourth-order valence-electron chi connectivity index (χ4n) is 2.75. The maximum Gasteiger partial charge on any atom is 0.274 e. The van der Waals surface area contributed by atoms with Gasteiger partial charge in [0.2, 0.25) is 0 Å². The summed E-state index contributed by atoms with van der Waals surface area (Å²) in [5.74, 6) is 0.521. The molecular weight excluding hydrogens is 230 g/mol. The number of rotatable bonds is 2. The summed E-state index contributed by atoms with van der Waals surface area (Å²) in [6.45, 7) is 5.65. The predicted octanol–water partition coefficient (Wildman–Crippen LogP) is 2.08. The summed E-state index contributed by atoms with van der Waals surface area (Å²) in [6.07, 6.45) is 1.02. The molecule has 2 N–H and O–H groups in total. The van der Waals surface area contributed by atoms with E-state index >= 15 is 0 Å². The van der Waals surface area contributed by atoms with Gasteiger partial charge in [0.1, 0.15) is 0 Å². The van der Waals surface area contributed by atoms with Crippen molar-refractivity contribution in [3.05, 3.63) is 33.9 Å². The standard InChI is InChI=1S/C13H19N3O2/c1-9-6-11(14)8-15(7-9)12-4-3-5-13(10(12)2)16(17)18/h3-5,9,11H,6-8,14H2,1-2H3. The largest absolute Gasteiger partial charge is 0.369 e. The molecule has 1 fully saturated rings. The van der Waals surface area contributed by atoms with Crippen molar-refractivity contribution in [2.45, 2.75) is 26.3 Å².